The number of para-hydroxylation sites is 2. The standard InChI is InChI=1S/C23H19N5O3S/c1-27(32(29,30)18-8-4-3-5-9-18)22-23-26-25-21(16-12-14-17(31-2)15-13-16)28(23)20-11-7-6-10-19(20)24-22/h3-15H,1-2H3. The van der Waals surface area contributed by atoms with E-state index in [1.165, 1.54) is 7.05 Å². The van der Waals surface area contributed by atoms with Gasteiger partial charge in [0.1, 0.15) is 5.75 Å². The molecule has 0 aliphatic rings. The molecule has 0 saturated heterocycles. The molecule has 0 N–H and O–H groups in total. The third kappa shape index (κ3) is 3.14. The van der Waals surface area contributed by atoms with Crippen molar-refractivity contribution >= 4 is 32.5 Å². The van der Waals surface area contributed by atoms with E-state index >= 15 is 0 Å². The molecule has 9 heteroatoms. The molecule has 2 heterocycles. The monoisotopic (exact) mass is 445 g/mol. The summed E-state index contributed by atoms with van der Waals surface area (Å²) in [5, 5.41) is 8.71. The number of sulfonamides is 1. The van der Waals surface area contributed by atoms with Crippen LogP contribution in [0.4, 0.5) is 5.82 Å². The summed E-state index contributed by atoms with van der Waals surface area (Å²) in [7, 11) is -0.763. The van der Waals surface area contributed by atoms with E-state index in [1.807, 2.05) is 52.9 Å². The summed E-state index contributed by atoms with van der Waals surface area (Å²) >= 11 is 0. The van der Waals surface area contributed by atoms with Crippen molar-refractivity contribution in [2.24, 2.45) is 0 Å². The fourth-order valence-corrected chi connectivity index (χ4v) is 4.74. The van der Waals surface area contributed by atoms with Gasteiger partial charge in [0.25, 0.3) is 10.0 Å². The lowest BCUT2D eigenvalue weighted by Gasteiger charge is -2.19. The molecule has 0 atom stereocenters. The number of fused-ring (bicyclic) bond motifs is 3. The maximum atomic E-state index is 13.3. The molecule has 0 aliphatic heterocycles. The van der Waals surface area contributed by atoms with Gasteiger partial charge in [-0.2, -0.15) is 0 Å². The van der Waals surface area contributed by atoms with Gasteiger partial charge in [-0.15, -0.1) is 10.2 Å². The molecule has 0 saturated carbocycles. The van der Waals surface area contributed by atoms with E-state index in [-0.39, 0.29) is 10.7 Å². The average molecular weight is 446 g/mol. The molecular weight excluding hydrogens is 426 g/mol. The van der Waals surface area contributed by atoms with Gasteiger partial charge in [0.2, 0.25) is 5.65 Å². The summed E-state index contributed by atoms with van der Waals surface area (Å²) in [6.07, 6.45) is 0. The van der Waals surface area contributed by atoms with Crippen LogP contribution in [0.25, 0.3) is 28.1 Å². The molecule has 0 radical (unpaired) electrons. The average Bonchev–Trinajstić information content (AvgIpc) is 3.29. The normalized spacial score (nSPS) is 11.7. The number of ether oxygens (including phenoxy) is 1. The van der Waals surface area contributed by atoms with Crippen molar-refractivity contribution in [2.45, 2.75) is 4.90 Å². The van der Waals surface area contributed by atoms with Crippen molar-refractivity contribution < 1.29 is 13.2 Å². The molecule has 0 aliphatic carbocycles. The number of nitrogens with zero attached hydrogens (tertiary/aromatic N) is 5. The highest BCUT2D eigenvalue weighted by atomic mass is 32.2. The minimum atomic E-state index is -3.84. The fraction of sp³-hybridized carbons (Fsp3) is 0.0870. The van der Waals surface area contributed by atoms with Gasteiger partial charge in [0.15, 0.2) is 11.6 Å². The van der Waals surface area contributed by atoms with Gasteiger partial charge in [-0.05, 0) is 48.5 Å². The number of anilines is 1. The van der Waals surface area contributed by atoms with Crippen LogP contribution in [0.2, 0.25) is 0 Å². The molecule has 2 aromatic heterocycles. The van der Waals surface area contributed by atoms with Gasteiger partial charge in [0, 0.05) is 12.6 Å². The number of methoxy groups -OCH3 is 1. The highest BCUT2D eigenvalue weighted by Crippen LogP contribution is 2.31. The van der Waals surface area contributed by atoms with E-state index in [0.29, 0.717) is 17.0 Å². The Kier molecular flexibility index (Phi) is 4.75. The summed E-state index contributed by atoms with van der Waals surface area (Å²) in [6, 6.07) is 23.2. The third-order valence-corrected chi connectivity index (χ3v) is 7.02. The van der Waals surface area contributed by atoms with Gasteiger partial charge in [-0.3, -0.25) is 4.40 Å². The van der Waals surface area contributed by atoms with Gasteiger partial charge < -0.3 is 4.74 Å². The Morgan fingerprint density at radius 3 is 2.28 bits per heavy atom. The predicted molar refractivity (Wildman–Crippen MR) is 122 cm³/mol. The Morgan fingerprint density at radius 2 is 1.56 bits per heavy atom. The van der Waals surface area contributed by atoms with Crippen molar-refractivity contribution in [3.8, 4) is 17.1 Å². The highest BCUT2D eigenvalue weighted by molar-refractivity contribution is 7.92. The van der Waals surface area contributed by atoms with E-state index < -0.39 is 10.0 Å². The summed E-state index contributed by atoms with van der Waals surface area (Å²) in [4.78, 5) is 4.80. The Morgan fingerprint density at radius 1 is 0.875 bits per heavy atom. The van der Waals surface area contributed by atoms with Crippen LogP contribution in [0.3, 0.4) is 0 Å². The fourth-order valence-electron chi connectivity index (χ4n) is 3.57. The summed E-state index contributed by atoms with van der Waals surface area (Å²) in [5.41, 5.74) is 2.55. The molecule has 0 fully saturated rings. The molecule has 160 valence electrons. The van der Waals surface area contributed by atoms with Crippen LogP contribution in [0.1, 0.15) is 0 Å². The van der Waals surface area contributed by atoms with E-state index in [1.54, 1.807) is 37.4 Å². The zero-order valence-electron chi connectivity index (χ0n) is 17.4. The number of hydrogen-bond donors (Lipinski definition) is 0. The zero-order valence-corrected chi connectivity index (χ0v) is 18.2. The van der Waals surface area contributed by atoms with Crippen LogP contribution in [-0.4, -0.2) is 42.2 Å². The molecule has 8 nitrogen and oxygen atoms in total. The first-order valence-corrected chi connectivity index (χ1v) is 11.3. The maximum absolute atomic E-state index is 13.3. The number of rotatable bonds is 5. The second kappa shape index (κ2) is 7.61. The molecule has 0 spiro atoms. The third-order valence-electron chi connectivity index (χ3n) is 5.26. The second-order valence-corrected chi connectivity index (χ2v) is 9.09. The van der Waals surface area contributed by atoms with E-state index in [2.05, 4.69) is 15.2 Å². The SMILES string of the molecule is COc1ccc(-c2nnc3c(N(C)S(=O)(=O)c4ccccc4)nc4ccccc4n23)cc1. The first-order valence-electron chi connectivity index (χ1n) is 9.83. The molecular formula is C23H19N5O3S. The van der Waals surface area contributed by atoms with Gasteiger partial charge in [-0.25, -0.2) is 17.7 Å². The summed E-state index contributed by atoms with van der Waals surface area (Å²) in [6.45, 7) is 0. The first kappa shape index (κ1) is 20.0. The van der Waals surface area contributed by atoms with Crippen LogP contribution in [0.15, 0.2) is 83.8 Å². The predicted octanol–water partition coefficient (Wildman–Crippen LogP) is 3.78. The van der Waals surface area contributed by atoms with Crippen LogP contribution in [0.5, 0.6) is 5.75 Å². The summed E-state index contributed by atoms with van der Waals surface area (Å²) in [5.74, 6) is 1.50. The Hall–Kier alpha value is -3.98. The maximum Gasteiger partial charge on any atom is 0.265 e. The molecule has 5 aromatic rings. The van der Waals surface area contributed by atoms with Gasteiger partial charge in [0.05, 0.1) is 23.0 Å². The Labute approximate surface area is 184 Å². The minimum Gasteiger partial charge on any atom is -0.497 e. The van der Waals surface area contributed by atoms with Crippen LogP contribution >= 0.6 is 0 Å². The van der Waals surface area contributed by atoms with Gasteiger partial charge >= 0.3 is 0 Å². The van der Waals surface area contributed by atoms with Crippen molar-refractivity contribution in [3.63, 3.8) is 0 Å². The van der Waals surface area contributed by atoms with Crippen molar-refractivity contribution in [1.82, 2.24) is 19.6 Å². The highest BCUT2D eigenvalue weighted by Gasteiger charge is 2.27. The minimum absolute atomic E-state index is 0.172. The van der Waals surface area contributed by atoms with E-state index in [9.17, 15) is 8.42 Å². The largest absolute Gasteiger partial charge is 0.497 e. The van der Waals surface area contributed by atoms with Crippen LogP contribution in [-0.2, 0) is 10.0 Å². The van der Waals surface area contributed by atoms with Crippen LogP contribution in [0, 0.1) is 0 Å². The smallest absolute Gasteiger partial charge is 0.265 e. The number of benzene rings is 3. The molecule has 3 aromatic carbocycles. The van der Waals surface area contributed by atoms with Gasteiger partial charge in [-0.1, -0.05) is 30.3 Å². The molecule has 5 rings (SSSR count). The second-order valence-electron chi connectivity index (χ2n) is 7.12. The van der Waals surface area contributed by atoms with Crippen molar-refractivity contribution in [2.75, 3.05) is 18.5 Å². The Balaban J connectivity index is 1.76. The molecule has 0 amide bonds. The van der Waals surface area contributed by atoms with E-state index in [0.717, 1.165) is 21.1 Å². The molecule has 0 bridgehead atoms. The number of aromatic nitrogens is 4. The van der Waals surface area contributed by atoms with E-state index in [4.69, 9.17) is 4.74 Å². The van der Waals surface area contributed by atoms with Crippen LogP contribution < -0.4 is 9.04 Å². The first-order chi connectivity index (χ1) is 15.5. The lowest BCUT2D eigenvalue weighted by atomic mass is 10.2. The molecule has 32 heavy (non-hydrogen) atoms. The quantitative estimate of drug-likeness (QED) is 0.409. The van der Waals surface area contributed by atoms with Crippen molar-refractivity contribution in [1.29, 1.82) is 0 Å². The lowest BCUT2D eigenvalue weighted by Crippen LogP contribution is -2.28. The molecule has 0 unspecified atom stereocenters. The lowest BCUT2D eigenvalue weighted by molar-refractivity contribution is 0.415. The number of hydrogen-bond acceptors (Lipinski definition) is 6. The Bertz CT molecular complexity index is 1530. The van der Waals surface area contributed by atoms with Crippen molar-refractivity contribution in [3.05, 3.63) is 78.9 Å². The topological polar surface area (TPSA) is 89.7 Å². The zero-order chi connectivity index (χ0) is 22.3. The summed E-state index contributed by atoms with van der Waals surface area (Å²) < 4.78 is 34.8.